The molecule has 1 saturated carbocycles. The molecule has 1 N–H and O–H groups in total. The Morgan fingerprint density at radius 2 is 1.84 bits per heavy atom. The van der Waals surface area contributed by atoms with E-state index in [0.29, 0.717) is 17.6 Å². The van der Waals surface area contributed by atoms with Crippen LogP contribution in [0.1, 0.15) is 77.3 Å². The number of carbonyl (C=O) groups is 1. The Bertz CT molecular complexity index is 904. The number of rotatable bonds is 6. The average Bonchev–Trinajstić information content (AvgIpc) is 2.76. The van der Waals surface area contributed by atoms with E-state index in [1.807, 2.05) is 0 Å². The van der Waals surface area contributed by atoms with Crippen LogP contribution in [0.25, 0.3) is 10.8 Å². The summed E-state index contributed by atoms with van der Waals surface area (Å²) in [5, 5.41) is 11.7. The minimum absolute atomic E-state index is 0.185. The van der Waals surface area contributed by atoms with Crippen molar-refractivity contribution in [2.75, 3.05) is 13.1 Å². The summed E-state index contributed by atoms with van der Waals surface area (Å²) in [7, 11) is 0. The second-order valence-electron chi connectivity index (χ2n) is 10.3. The minimum atomic E-state index is -0.646. The molecule has 2 aliphatic rings. The maximum atomic E-state index is 11.3. The van der Waals surface area contributed by atoms with Crippen molar-refractivity contribution >= 4 is 16.7 Å². The first-order valence-corrected chi connectivity index (χ1v) is 12.0. The highest BCUT2D eigenvalue weighted by Gasteiger charge is 2.29. The standard InChI is InChI=1S/C27H37NO3/c1-4-24(28-16-12-19(13-17-28)26(29)30)21-8-9-23-20(18-21)6-5-7-25(23)31-22-10-14-27(2,3)15-11-22/h5-9,18-19,22,24H,4,10-17H2,1-3H3,(H,29,30). The van der Waals surface area contributed by atoms with E-state index < -0.39 is 5.97 Å². The number of fused-ring (bicyclic) bond motifs is 1. The quantitative estimate of drug-likeness (QED) is 0.581. The molecule has 0 spiro atoms. The van der Waals surface area contributed by atoms with Crippen molar-refractivity contribution in [3.8, 4) is 5.75 Å². The lowest BCUT2D eigenvalue weighted by Crippen LogP contribution is -2.38. The normalized spacial score (nSPS) is 21.8. The van der Waals surface area contributed by atoms with Crippen LogP contribution in [0.15, 0.2) is 36.4 Å². The van der Waals surface area contributed by atoms with E-state index in [9.17, 15) is 9.90 Å². The van der Waals surface area contributed by atoms with Crippen molar-refractivity contribution in [3.05, 3.63) is 42.0 Å². The molecule has 2 fully saturated rings. The van der Waals surface area contributed by atoms with Crippen LogP contribution in [0.4, 0.5) is 0 Å². The Labute approximate surface area is 186 Å². The highest BCUT2D eigenvalue weighted by Crippen LogP contribution is 2.38. The van der Waals surface area contributed by atoms with Crippen molar-refractivity contribution in [1.82, 2.24) is 4.90 Å². The summed E-state index contributed by atoms with van der Waals surface area (Å²) in [4.78, 5) is 13.8. The van der Waals surface area contributed by atoms with Crippen molar-refractivity contribution in [1.29, 1.82) is 0 Å². The summed E-state index contributed by atoms with van der Waals surface area (Å²) < 4.78 is 6.47. The Morgan fingerprint density at radius 3 is 2.48 bits per heavy atom. The second-order valence-corrected chi connectivity index (χ2v) is 10.3. The first-order chi connectivity index (χ1) is 14.9. The van der Waals surface area contributed by atoms with Gasteiger partial charge in [0, 0.05) is 11.4 Å². The molecule has 2 aromatic rings. The summed E-state index contributed by atoms with van der Waals surface area (Å²) in [5.41, 5.74) is 1.77. The Hall–Kier alpha value is -2.07. The molecule has 2 aromatic carbocycles. The fourth-order valence-corrected chi connectivity index (χ4v) is 5.42. The molecule has 4 nitrogen and oxygen atoms in total. The van der Waals surface area contributed by atoms with Gasteiger partial charge in [0.2, 0.25) is 0 Å². The predicted molar refractivity (Wildman–Crippen MR) is 126 cm³/mol. The molecular weight excluding hydrogens is 386 g/mol. The van der Waals surface area contributed by atoms with Gasteiger partial charge in [-0.3, -0.25) is 9.69 Å². The molecule has 4 rings (SSSR count). The summed E-state index contributed by atoms with van der Waals surface area (Å²) >= 11 is 0. The van der Waals surface area contributed by atoms with Crippen LogP contribution in [0.3, 0.4) is 0 Å². The number of hydrogen-bond acceptors (Lipinski definition) is 3. The van der Waals surface area contributed by atoms with Crippen LogP contribution in [0.2, 0.25) is 0 Å². The largest absolute Gasteiger partial charge is 0.490 e. The fourth-order valence-electron chi connectivity index (χ4n) is 5.42. The maximum Gasteiger partial charge on any atom is 0.306 e. The second kappa shape index (κ2) is 9.20. The minimum Gasteiger partial charge on any atom is -0.490 e. The predicted octanol–water partition coefficient (Wildman–Crippen LogP) is 6.44. The third-order valence-electron chi connectivity index (χ3n) is 7.54. The molecule has 1 unspecified atom stereocenters. The first kappa shape index (κ1) is 22.1. The molecule has 1 atom stereocenters. The lowest BCUT2D eigenvalue weighted by atomic mass is 9.76. The number of carboxylic acid groups (broad SMARTS) is 1. The van der Waals surface area contributed by atoms with Gasteiger partial charge in [0.05, 0.1) is 12.0 Å². The van der Waals surface area contributed by atoms with Crippen molar-refractivity contribution in [2.24, 2.45) is 11.3 Å². The molecule has 31 heavy (non-hydrogen) atoms. The van der Waals surface area contributed by atoms with Gasteiger partial charge in [-0.2, -0.15) is 0 Å². The number of aliphatic carboxylic acids is 1. The molecule has 1 saturated heterocycles. The highest BCUT2D eigenvalue weighted by atomic mass is 16.5. The number of carboxylic acids is 1. The molecule has 168 valence electrons. The van der Waals surface area contributed by atoms with Gasteiger partial charge in [-0.15, -0.1) is 0 Å². The van der Waals surface area contributed by atoms with Gasteiger partial charge in [0.25, 0.3) is 0 Å². The molecule has 0 amide bonds. The maximum absolute atomic E-state index is 11.3. The van der Waals surface area contributed by atoms with E-state index >= 15 is 0 Å². The SMILES string of the molecule is CCC(c1ccc2c(OC3CCC(C)(C)CC3)cccc2c1)N1CCC(C(=O)O)CC1. The van der Waals surface area contributed by atoms with E-state index in [-0.39, 0.29) is 5.92 Å². The smallest absolute Gasteiger partial charge is 0.306 e. The Morgan fingerprint density at radius 1 is 1.13 bits per heavy atom. The Kier molecular flexibility index (Phi) is 6.57. The van der Waals surface area contributed by atoms with Crippen LogP contribution in [0.5, 0.6) is 5.75 Å². The van der Waals surface area contributed by atoms with Gasteiger partial charge in [0.1, 0.15) is 5.75 Å². The first-order valence-electron chi connectivity index (χ1n) is 12.0. The van der Waals surface area contributed by atoms with Crippen LogP contribution in [-0.4, -0.2) is 35.2 Å². The summed E-state index contributed by atoms with van der Waals surface area (Å²) in [6, 6.07) is 13.5. The Balaban J connectivity index is 1.50. The van der Waals surface area contributed by atoms with Crippen LogP contribution >= 0.6 is 0 Å². The highest BCUT2D eigenvalue weighted by molar-refractivity contribution is 5.89. The summed E-state index contributed by atoms with van der Waals surface area (Å²) in [5.74, 6) is 0.173. The van der Waals surface area contributed by atoms with Crippen LogP contribution in [0, 0.1) is 11.3 Å². The van der Waals surface area contributed by atoms with E-state index in [4.69, 9.17) is 4.74 Å². The van der Waals surface area contributed by atoms with E-state index in [0.717, 1.165) is 50.9 Å². The molecule has 1 heterocycles. The lowest BCUT2D eigenvalue weighted by molar-refractivity contribution is -0.143. The molecule has 0 radical (unpaired) electrons. The topological polar surface area (TPSA) is 49.8 Å². The third kappa shape index (κ3) is 5.06. The number of hydrogen-bond donors (Lipinski definition) is 1. The molecule has 1 aliphatic heterocycles. The van der Waals surface area contributed by atoms with Crippen molar-refractivity contribution < 1.29 is 14.6 Å². The van der Waals surface area contributed by atoms with Gasteiger partial charge in [-0.05, 0) is 86.5 Å². The molecule has 0 bridgehead atoms. The summed E-state index contributed by atoms with van der Waals surface area (Å²) in [6.07, 6.45) is 7.55. The van der Waals surface area contributed by atoms with Gasteiger partial charge in [-0.1, -0.05) is 45.0 Å². The molecular formula is C27H37NO3. The van der Waals surface area contributed by atoms with E-state index in [1.165, 1.54) is 29.2 Å². The lowest BCUT2D eigenvalue weighted by Gasteiger charge is -2.36. The van der Waals surface area contributed by atoms with Gasteiger partial charge >= 0.3 is 5.97 Å². The zero-order valence-corrected chi connectivity index (χ0v) is 19.3. The van der Waals surface area contributed by atoms with Crippen molar-refractivity contribution in [3.63, 3.8) is 0 Å². The summed E-state index contributed by atoms with van der Waals surface area (Å²) in [6.45, 7) is 8.65. The van der Waals surface area contributed by atoms with E-state index in [1.54, 1.807) is 0 Å². The zero-order chi connectivity index (χ0) is 22.0. The number of nitrogens with zero attached hydrogens (tertiary/aromatic N) is 1. The zero-order valence-electron chi connectivity index (χ0n) is 19.3. The van der Waals surface area contributed by atoms with Crippen LogP contribution in [-0.2, 0) is 4.79 Å². The van der Waals surface area contributed by atoms with Gasteiger partial charge in [0.15, 0.2) is 0 Å². The number of likely N-dealkylation sites (tertiary alicyclic amines) is 1. The van der Waals surface area contributed by atoms with Gasteiger partial charge < -0.3 is 9.84 Å². The monoisotopic (exact) mass is 423 g/mol. The molecule has 0 aromatic heterocycles. The number of ether oxygens (including phenoxy) is 1. The molecule has 1 aliphatic carbocycles. The average molecular weight is 424 g/mol. The fraction of sp³-hybridized carbons (Fsp3) is 0.593. The molecule has 4 heteroatoms. The number of benzene rings is 2. The van der Waals surface area contributed by atoms with Gasteiger partial charge in [-0.25, -0.2) is 0 Å². The van der Waals surface area contributed by atoms with Crippen LogP contribution < -0.4 is 4.74 Å². The van der Waals surface area contributed by atoms with E-state index in [2.05, 4.69) is 62.1 Å². The van der Waals surface area contributed by atoms with Crippen molar-refractivity contribution in [2.45, 2.75) is 77.9 Å². The third-order valence-corrected chi connectivity index (χ3v) is 7.54. The number of piperidine rings is 1.